The lowest BCUT2D eigenvalue weighted by molar-refractivity contribution is -0.363. The van der Waals surface area contributed by atoms with Crippen LogP contribution in [0.1, 0.15) is 27.2 Å². The summed E-state index contributed by atoms with van der Waals surface area (Å²) in [4.78, 5) is 10.3. The molecule has 1 N–H and O–H groups in total. The summed E-state index contributed by atoms with van der Waals surface area (Å²) in [6.07, 6.45) is 1.38. The molecule has 15 heavy (non-hydrogen) atoms. The fraction of sp³-hybridized carbons (Fsp3) is 1.00. The van der Waals surface area contributed by atoms with Gasteiger partial charge in [0, 0.05) is 16.8 Å². The van der Waals surface area contributed by atoms with Crippen LogP contribution in [0.25, 0.3) is 0 Å². The Kier molecular flexibility index (Phi) is 19.2. The zero-order valence-electron chi connectivity index (χ0n) is 11.0. The van der Waals surface area contributed by atoms with E-state index in [0.717, 1.165) is 13.1 Å². The van der Waals surface area contributed by atoms with Crippen molar-refractivity contribution in [3.8, 4) is 0 Å². The first-order chi connectivity index (χ1) is 7.26. The molecule has 5 heteroatoms. The normalized spacial score (nSPS) is 10.2. The number of rotatable bonds is 8. The molecule has 0 amide bonds. The second kappa shape index (κ2) is 16.5. The summed E-state index contributed by atoms with van der Waals surface area (Å²) in [5.74, 6) is 0. The Labute approximate surface area is 97.6 Å². The van der Waals surface area contributed by atoms with Crippen LogP contribution in [0.4, 0.5) is 0 Å². The van der Waals surface area contributed by atoms with Crippen molar-refractivity contribution in [2.75, 3.05) is 33.4 Å². The highest BCUT2D eigenvalue weighted by molar-refractivity contribution is 6.08. The van der Waals surface area contributed by atoms with Crippen LogP contribution >= 0.6 is 0 Å². The fourth-order valence-electron chi connectivity index (χ4n) is 0.657. The van der Waals surface area contributed by atoms with E-state index < -0.39 is 0 Å². The molecule has 0 fully saturated rings. The number of hydrogen-bond acceptors (Lipinski definition) is 4. The van der Waals surface area contributed by atoms with Crippen molar-refractivity contribution in [3.63, 3.8) is 0 Å². The molecular weight excluding hydrogens is 208 g/mol. The number of nitrogens with zero attached hydrogens (tertiary/aromatic N) is 1. The van der Waals surface area contributed by atoms with E-state index in [1.807, 2.05) is 20.9 Å². The predicted octanol–water partition coefficient (Wildman–Crippen LogP) is 0.591. The third-order valence-electron chi connectivity index (χ3n) is 1.59. The van der Waals surface area contributed by atoms with Gasteiger partial charge < -0.3 is 5.32 Å². The number of likely N-dealkylation sites (N-methyl/N-ethyl adjacent to an activating group) is 1. The van der Waals surface area contributed by atoms with Gasteiger partial charge in [0.15, 0.2) is 0 Å². The molecule has 0 aliphatic carbocycles. The van der Waals surface area contributed by atoms with Crippen molar-refractivity contribution in [3.05, 3.63) is 0 Å². The summed E-state index contributed by atoms with van der Waals surface area (Å²) in [6.45, 7) is 8.98. The summed E-state index contributed by atoms with van der Waals surface area (Å²) in [6, 6.07) is 1.46. The van der Waals surface area contributed by atoms with Gasteiger partial charge in [-0.3, -0.25) is 9.68 Å². The van der Waals surface area contributed by atoms with Gasteiger partial charge in [0.1, 0.15) is 0 Å². The first-order valence-corrected chi connectivity index (χ1v) is 7.35. The highest BCUT2D eigenvalue weighted by Gasteiger charge is 2.01. The fourth-order valence-corrected chi connectivity index (χ4v) is 0.657. The van der Waals surface area contributed by atoms with E-state index in [1.54, 1.807) is 0 Å². The summed E-state index contributed by atoms with van der Waals surface area (Å²) in [5, 5.41) is 4.52. The Balaban J connectivity index is 0. The maximum Gasteiger partial charge on any atom is 0.0683 e. The van der Waals surface area contributed by atoms with E-state index in [2.05, 4.69) is 12.2 Å². The molecule has 0 atom stereocenters. The van der Waals surface area contributed by atoms with Gasteiger partial charge in [-0.05, 0) is 20.9 Å². The molecule has 0 aromatic carbocycles. The molecule has 0 heterocycles. The SMILES string of the molecule is CCC[SiH3].CCON(CCNC)OCC. The van der Waals surface area contributed by atoms with Crippen LogP contribution in [0.15, 0.2) is 0 Å². The van der Waals surface area contributed by atoms with Crippen LogP contribution < -0.4 is 5.32 Å². The molecule has 0 unspecified atom stereocenters. The molecule has 0 rings (SSSR count). The summed E-state index contributed by atoms with van der Waals surface area (Å²) in [5.41, 5.74) is 0. The number of hydroxylamine groups is 2. The van der Waals surface area contributed by atoms with E-state index in [9.17, 15) is 0 Å². The van der Waals surface area contributed by atoms with Gasteiger partial charge in [-0.15, -0.1) is 0 Å². The van der Waals surface area contributed by atoms with Gasteiger partial charge in [-0.1, -0.05) is 24.6 Å². The molecule has 0 saturated heterocycles. The van der Waals surface area contributed by atoms with Crippen LogP contribution in [-0.4, -0.2) is 48.8 Å². The first kappa shape index (κ1) is 17.5. The quantitative estimate of drug-likeness (QED) is 0.494. The molecule has 0 saturated carbocycles. The van der Waals surface area contributed by atoms with Gasteiger partial charge in [0.2, 0.25) is 0 Å². The standard InChI is InChI=1S/C7H18N2O2.C3H10Si/c1-4-10-9(11-5-2)7-6-8-3;1-2-3-4/h8H,4-7H2,1-3H3;2-3H2,1,4H3. The highest BCUT2D eigenvalue weighted by atomic mass is 28.1. The Morgan fingerprint density at radius 3 is 1.87 bits per heavy atom. The van der Waals surface area contributed by atoms with Crippen molar-refractivity contribution in [2.24, 2.45) is 0 Å². The average molecular weight is 236 g/mol. The smallest absolute Gasteiger partial charge is 0.0683 e. The number of nitrogens with one attached hydrogen (secondary N) is 1. The van der Waals surface area contributed by atoms with Crippen LogP contribution in [0.3, 0.4) is 0 Å². The molecule has 0 radical (unpaired) electrons. The van der Waals surface area contributed by atoms with Gasteiger partial charge in [-0.2, -0.15) is 0 Å². The molecule has 0 aromatic rings. The molecule has 0 spiro atoms. The second-order valence-corrected chi connectivity index (χ2v) is 4.00. The number of hydrogen-bond donors (Lipinski definition) is 1. The van der Waals surface area contributed by atoms with E-state index in [1.165, 1.54) is 27.9 Å². The minimum absolute atomic E-state index is 0.643. The molecular formula is C10H28N2O2Si. The Morgan fingerprint density at radius 1 is 1.13 bits per heavy atom. The van der Waals surface area contributed by atoms with Crippen molar-refractivity contribution >= 4 is 10.2 Å². The Hall–Kier alpha value is 0.0569. The third-order valence-corrected chi connectivity index (χ3v) is 2.59. The molecule has 94 valence electrons. The van der Waals surface area contributed by atoms with E-state index in [0.29, 0.717) is 13.2 Å². The second-order valence-electron chi connectivity index (χ2n) is 3.00. The van der Waals surface area contributed by atoms with Gasteiger partial charge in [-0.25, -0.2) is 0 Å². The van der Waals surface area contributed by atoms with Crippen molar-refractivity contribution < 1.29 is 9.68 Å². The van der Waals surface area contributed by atoms with E-state index >= 15 is 0 Å². The summed E-state index contributed by atoms with van der Waals surface area (Å²) in [7, 11) is 3.29. The first-order valence-electron chi connectivity index (χ1n) is 5.94. The van der Waals surface area contributed by atoms with Crippen molar-refractivity contribution in [1.82, 2.24) is 10.5 Å². The van der Waals surface area contributed by atoms with Crippen LogP contribution in [0, 0.1) is 0 Å². The molecule has 0 aliphatic heterocycles. The molecule has 0 aliphatic rings. The molecule has 0 bridgehead atoms. The van der Waals surface area contributed by atoms with Gasteiger partial charge >= 0.3 is 0 Å². The minimum Gasteiger partial charge on any atom is -0.318 e. The molecule has 0 aromatic heterocycles. The lowest BCUT2D eigenvalue weighted by Crippen LogP contribution is -2.31. The van der Waals surface area contributed by atoms with Crippen LogP contribution in [-0.2, 0) is 9.68 Å². The zero-order chi connectivity index (χ0) is 11.9. The topological polar surface area (TPSA) is 33.7 Å². The lowest BCUT2D eigenvalue weighted by atomic mass is 10.6. The van der Waals surface area contributed by atoms with Gasteiger partial charge in [0.25, 0.3) is 0 Å². The monoisotopic (exact) mass is 236 g/mol. The lowest BCUT2D eigenvalue weighted by Gasteiger charge is -2.18. The maximum atomic E-state index is 5.16. The largest absolute Gasteiger partial charge is 0.318 e. The van der Waals surface area contributed by atoms with E-state index in [-0.39, 0.29) is 0 Å². The van der Waals surface area contributed by atoms with E-state index in [4.69, 9.17) is 9.68 Å². The Morgan fingerprint density at radius 2 is 1.60 bits per heavy atom. The minimum atomic E-state index is 0.643. The van der Waals surface area contributed by atoms with Gasteiger partial charge in [0.05, 0.1) is 19.8 Å². The highest BCUT2D eigenvalue weighted by Crippen LogP contribution is 1.90. The third kappa shape index (κ3) is 16.7. The summed E-state index contributed by atoms with van der Waals surface area (Å²) >= 11 is 0. The Bertz CT molecular complexity index is 99.4. The predicted molar refractivity (Wildman–Crippen MR) is 68.9 cm³/mol. The van der Waals surface area contributed by atoms with Crippen LogP contribution in [0.5, 0.6) is 0 Å². The summed E-state index contributed by atoms with van der Waals surface area (Å²) < 4.78 is 0. The maximum absolute atomic E-state index is 5.16. The van der Waals surface area contributed by atoms with Crippen LogP contribution in [0.2, 0.25) is 6.04 Å². The molecule has 4 nitrogen and oxygen atoms in total. The average Bonchev–Trinajstić information content (AvgIpc) is 2.27. The van der Waals surface area contributed by atoms with Crippen molar-refractivity contribution in [2.45, 2.75) is 33.2 Å². The zero-order valence-corrected chi connectivity index (χ0v) is 13.0. The van der Waals surface area contributed by atoms with Crippen molar-refractivity contribution in [1.29, 1.82) is 0 Å².